The monoisotopic (exact) mass is 240 g/mol. The fraction of sp³-hybridized carbons (Fsp3) is 0.923. The van der Waals surface area contributed by atoms with Crippen LogP contribution in [0, 0.1) is 11.8 Å². The van der Waals surface area contributed by atoms with Gasteiger partial charge in [-0.3, -0.25) is 0 Å². The number of piperidine rings is 2. The van der Waals surface area contributed by atoms with Crippen molar-refractivity contribution in [2.24, 2.45) is 11.8 Å². The van der Waals surface area contributed by atoms with Crippen LogP contribution in [0.4, 0.5) is 4.79 Å². The van der Waals surface area contributed by atoms with Gasteiger partial charge in [0, 0.05) is 25.6 Å². The average Bonchev–Trinajstić information content (AvgIpc) is 2.38. The summed E-state index contributed by atoms with van der Waals surface area (Å²) in [5.74, 6) is 1.26. The molecule has 4 nitrogen and oxygen atoms in total. The van der Waals surface area contributed by atoms with Gasteiger partial charge in [0.05, 0.1) is 6.61 Å². The minimum atomic E-state index is -0.109. The lowest BCUT2D eigenvalue weighted by molar-refractivity contribution is 0.0725. The van der Waals surface area contributed by atoms with E-state index in [1.54, 1.807) is 0 Å². The Morgan fingerprint density at radius 2 is 2.12 bits per heavy atom. The third-order valence-corrected chi connectivity index (χ3v) is 3.88. The highest BCUT2D eigenvalue weighted by molar-refractivity contribution is 5.67. The van der Waals surface area contributed by atoms with Gasteiger partial charge < -0.3 is 15.0 Å². The first kappa shape index (κ1) is 12.7. The van der Waals surface area contributed by atoms with Gasteiger partial charge in [-0.15, -0.1) is 0 Å². The molecule has 2 aliphatic rings. The van der Waals surface area contributed by atoms with E-state index in [1.807, 2.05) is 4.90 Å². The standard InChI is InChI=1S/C13H24N2O2/c1-11-4-7-15(8-5-11)13(16)17-10-12-3-2-6-14-9-12/h11-12,14H,2-10H2,1H3. The number of ether oxygens (including phenoxy) is 1. The maximum Gasteiger partial charge on any atom is 0.409 e. The molecule has 0 bridgehead atoms. The van der Waals surface area contributed by atoms with Crippen molar-refractivity contribution < 1.29 is 9.53 Å². The zero-order valence-corrected chi connectivity index (χ0v) is 10.8. The molecule has 2 rings (SSSR count). The first-order chi connectivity index (χ1) is 8.25. The maximum atomic E-state index is 11.8. The van der Waals surface area contributed by atoms with Crippen molar-refractivity contribution in [1.29, 1.82) is 0 Å². The molecule has 0 spiro atoms. The quantitative estimate of drug-likeness (QED) is 0.801. The Kier molecular flexibility index (Phi) is 4.66. The van der Waals surface area contributed by atoms with Crippen molar-refractivity contribution >= 4 is 6.09 Å². The van der Waals surface area contributed by atoms with Gasteiger partial charge >= 0.3 is 6.09 Å². The molecule has 2 saturated heterocycles. The lowest BCUT2D eigenvalue weighted by atomic mass is 10.00. The Morgan fingerprint density at radius 3 is 2.76 bits per heavy atom. The topological polar surface area (TPSA) is 41.6 Å². The van der Waals surface area contributed by atoms with E-state index in [9.17, 15) is 4.79 Å². The van der Waals surface area contributed by atoms with Gasteiger partial charge in [0.1, 0.15) is 0 Å². The normalized spacial score (nSPS) is 26.9. The molecular formula is C13H24N2O2. The van der Waals surface area contributed by atoms with Crippen molar-refractivity contribution in [3.05, 3.63) is 0 Å². The van der Waals surface area contributed by atoms with E-state index < -0.39 is 0 Å². The second-order valence-electron chi connectivity index (χ2n) is 5.46. The summed E-state index contributed by atoms with van der Waals surface area (Å²) in [5, 5.41) is 3.34. The Labute approximate surface area is 104 Å². The predicted octanol–water partition coefficient (Wildman–Crippen LogP) is 1.85. The number of hydrogen-bond donors (Lipinski definition) is 1. The fourth-order valence-corrected chi connectivity index (χ4v) is 2.54. The van der Waals surface area contributed by atoms with Gasteiger partial charge in [0.2, 0.25) is 0 Å². The molecule has 1 atom stereocenters. The summed E-state index contributed by atoms with van der Waals surface area (Å²) < 4.78 is 5.40. The molecule has 0 aliphatic carbocycles. The third kappa shape index (κ3) is 3.87. The molecule has 1 N–H and O–H groups in total. The maximum absolute atomic E-state index is 11.8. The van der Waals surface area contributed by atoms with Crippen molar-refractivity contribution in [2.75, 3.05) is 32.8 Å². The molecule has 17 heavy (non-hydrogen) atoms. The van der Waals surface area contributed by atoms with E-state index in [2.05, 4.69) is 12.2 Å². The zero-order chi connectivity index (χ0) is 12.1. The number of carbonyl (C=O) groups is 1. The molecule has 0 radical (unpaired) electrons. The summed E-state index contributed by atoms with van der Waals surface area (Å²) in [6, 6.07) is 0. The minimum Gasteiger partial charge on any atom is -0.449 e. The average molecular weight is 240 g/mol. The molecule has 2 fully saturated rings. The fourth-order valence-electron chi connectivity index (χ4n) is 2.54. The number of nitrogens with zero attached hydrogens (tertiary/aromatic N) is 1. The van der Waals surface area contributed by atoms with Crippen LogP contribution in [0.5, 0.6) is 0 Å². The first-order valence-corrected chi connectivity index (χ1v) is 6.88. The van der Waals surface area contributed by atoms with Crippen LogP contribution < -0.4 is 5.32 Å². The van der Waals surface area contributed by atoms with Crippen LogP contribution in [0.15, 0.2) is 0 Å². The molecular weight excluding hydrogens is 216 g/mol. The first-order valence-electron chi connectivity index (χ1n) is 6.88. The van der Waals surface area contributed by atoms with E-state index in [0.29, 0.717) is 12.5 Å². The van der Waals surface area contributed by atoms with Crippen LogP contribution in [-0.4, -0.2) is 43.8 Å². The van der Waals surface area contributed by atoms with Crippen LogP contribution in [0.1, 0.15) is 32.6 Å². The Balaban J connectivity index is 1.66. The highest BCUT2D eigenvalue weighted by Gasteiger charge is 2.22. The van der Waals surface area contributed by atoms with Gasteiger partial charge in [-0.25, -0.2) is 4.79 Å². The summed E-state index contributed by atoms with van der Waals surface area (Å²) in [6.07, 6.45) is 4.49. The predicted molar refractivity (Wildman–Crippen MR) is 66.9 cm³/mol. The zero-order valence-electron chi connectivity index (χ0n) is 10.8. The van der Waals surface area contributed by atoms with Crippen molar-refractivity contribution in [3.8, 4) is 0 Å². The van der Waals surface area contributed by atoms with Crippen LogP contribution in [0.3, 0.4) is 0 Å². The SMILES string of the molecule is CC1CCN(C(=O)OCC2CCCNC2)CC1. The molecule has 0 aromatic carbocycles. The summed E-state index contributed by atoms with van der Waals surface area (Å²) >= 11 is 0. The Hall–Kier alpha value is -0.770. The summed E-state index contributed by atoms with van der Waals surface area (Å²) in [6.45, 7) is 6.65. The summed E-state index contributed by atoms with van der Waals surface area (Å²) in [7, 11) is 0. The van der Waals surface area contributed by atoms with Gasteiger partial charge in [-0.05, 0) is 38.1 Å². The summed E-state index contributed by atoms with van der Waals surface area (Å²) in [5.41, 5.74) is 0. The van der Waals surface area contributed by atoms with Gasteiger partial charge in [-0.1, -0.05) is 6.92 Å². The van der Waals surface area contributed by atoms with Crippen molar-refractivity contribution in [3.63, 3.8) is 0 Å². The molecule has 98 valence electrons. The van der Waals surface area contributed by atoms with E-state index >= 15 is 0 Å². The second kappa shape index (κ2) is 6.24. The number of likely N-dealkylation sites (tertiary alicyclic amines) is 1. The molecule has 0 aromatic heterocycles. The highest BCUT2D eigenvalue weighted by atomic mass is 16.6. The van der Waals surface area contributed by atoms with Gasteiger partial charge in [0.15, 0.2) is 0 Å². The number of carbonyl (C=O) groups excluding carboxylic acids is 1. The van der Waals surface area contributed by atoms with Gasteiger partial charge in [0.25, 0.3) is 0 Å². The lowest BCUT2D eigenvalue weighted by Gasteiger charge is -2.30. The molecule has 0 aromatic rings. The lowest BCUT2D eigenvalue weighted by Crippen LogP contribution is -2.40. The van der Waals surface area contributed by atoms with Crippen molar-refractivity contribution in [2.45, 2.75) is 32.6 Å². The summed E-state index contributed by atoms with van der Waals surface area (Å²) in [4.78, 5) is 13.7. The molecule has 1 amide bonds. The van der Waals surface area contributed by atoms with Crippen LogP contribution in [0.2, 0.25) is 0 Å². The Morgan fingerprint density at radius 1 is 1.35 bits per heavy atom. The number of amides is 1. The third-order valence-electron chi connectivity index (χ3n) is 3.88. The van der Waals surface area contributed by atoms with E-state index in [0.717, 1.165) is 44.9 Å². The minimum absolute atomic E-state index is 0.109. The smallest absolute Gasteiger partial charge is 0.409 e. The van der Waals surface area contributed by atoms with E-state index in [1.165, 1.54) is 12.8 Å². The molecule has 0 saturated carbocycles. The highest BCUT2D eigenvalue weighted by Crippen LogP contribution is 2.17. The number of nitrogens with one attached hydrogen (secondary N) is 1. The largest absolute Gasteiger partial charge is 0.449 e. The van der Waals surface area contributed by atoms with Crippen LogP contribution in [0.25, 0.3) is 0 Å². The number of hydrogen-bond acceptors (Lipinski definition) is 3. The molecule has 4 heteroatoms. The number of rotatable bonds is 2. The van der Waals surface area contributed by atoms with Crippen LogP contribution in [-0.2, 0) is 4.74 Å². The van der Waals surface area contributed by atoms with Crippen LogP contribution >= 0.6 is 0 Å². The van der Waals surface area contributed by atoms with E-state index in [4.69, 9.17) is 4.74 Å². The van der Waals surface area contributed by atoms with Gasteiger partial charge in [-0.2, -0.15) is 0 Å². The molecule has 1 unspecified atom stereocenters. The van der Waals surface area contributed by atoms with Crippen molar-refractivity contribution in [1.82, 2.24) is 10.2 Å². The molecule has 2 heterocycles. The van der Waals surface area contributed by atoms with E-state index in [-0.39, 0.29) is 6.09 Å². The molecule has 2 aliphatic heterocycles. The Bertz CT molecular complexity index is 244. The second-order valence-corrected chi connectivity index (χ2v) is 5.46.